The number of benzene rings is 1. The summed E-state index contributed by atoms with van der Waals surface area (Å²) in [6.07, 6.45) is 1.74. The van der Waals surface area contributed by atoms with E-state index in [0.29, 0.717) is 0 Å². The third-order valence-corrected chi connectivity index (χ3v) is 3.21. The molecule has 1 aliphatic rings. The zero-order chi connectivity index (χ0) is 12.4. The molecule has 18 heavy (non-hydrogen) atoms. The number of anilines is 1. The summed E-state index contributed by atoms with van der Waals surface area (Å²) < 4.78 is 5.55. The minimum absolute atomic E-state index is 0.721. The van der Waals surface area contributed by atoms with Gasteiger partial charge >= 0.3 is 0 Å². The summed E-state index contributed by atoms with van der Waals surface area (Å²) >= 11 is 0. The van der Waals surface area contributed by atoms with E-state index < -0.39 is 0 Å². The third kappa shape index (κ3) is 2.11. The van der Waals surface area contributed by atoms with E-state index in [1.165, 1.54) is 11.1 Å². The lowest BCUT2D eigenvalue weighted by molar-refractivity contribution is 0.536. The highest BCUT2D eigenvalue weighted by Crippen LogP contribution is 2.27. The van der Waals surface area contributed by atoms with Gasteiger partial charge in [0.25, 0.3) is 6.01 Å². The van der Waals surface area contributed by atoms with Gasteiger partial charge in [-0.3, -0.25) is 0 Å². The van der Waals surface area contributed by atoms with Crippen LogP contribution in [-0.2, 0) is 19.6 Å². The molecule has 0 saturated carbocycles. The summed E-state index contributed by atoms with van der Waals surface area (Å²) in [4.78, 5) is 6.68. The summed E-state index contributed by atoms with van der Waals surface area (Å²) in [6, 6.07) is 9.21. The van der Waals surface area contributed by atoms with Crippen molar-refractivity contribution in [3.05, 3.63) is 47.3 Å². The molecule has 3 rings (SSSR count). The van der Waals surface area contributed by atoms with Gasteiger partial charge in [0.1, 0.15) is 6.26 Å². The Labute approximate surface area is 107 Å². The van der Waals surface area contributed by atoms with E-state index in [9.17, 15) is 0 Å². The van der Waals surface area contributed by atoms with E-state index in [2.05, 4.69) is 46.4 Å². The minimum atomic E-state index is 0.721. The van der Waals surface area contributed by atoms with Crippen LogP contribution < -0.4 is 10.2 Å². The predicted octanol–water partition coefficient (Wildman–Crippen LogP) is 2.30. The van der Waals surface area contributed by atoms with Crippen molar-refractivity contribution in [3.63, 3.8) is 0 Å². The second kappa shape index (κ2) is 4.82. The van der Waals surface area contributed by atoms with Crippen LogP contribution in [0, 0.1) is 0 Å². The molecule has 0 aliphatic carbocycles. The van der Waals surface area contributed by atoms with Crippen molar-refractivity contribution in [3.8, 4) is 0 Å². The number of oxazole rings is 1. The predicted molar refractivity (Wildman–Crippen MR) is 70.2 cm³/mol. The molecule has 0 saturated heterocycles. The van der Waals surface area contributed by atoms with Crippen LogP contribution in [0.5, 0.6) is 0 Å². The highest BCUT2D eigenvalue weighted by Gasteiger charge is 2.22. The molecular formula is C14H17N3O. The molecule has 0 unspecified atom stereocenters. The average Bonchev–Trinajstić information content (AvgIpc) is 3.02. The van der Waals surface area contributed by atoms with Crippen molar-refractivity contribution in [1.29, 1.82) is 0 Å². The van der Waals surface area contributed by atoms with Gasteiger partial charge in [-0.05, 0) is 17.7 Å². The van der Waals surface area contributed by atoms with Crippen molar-refractivity contribution in [1.82, 2.24) is 10.3 Å². The molecule has 0 atom stereocenters. The third-order valence-electron chi connectivity index (χ3n) is 3.21. The zero-order valence-corrected chi connectivity index (χ0v) is 10.5. The van der Waals surface area contributed by atoms with Gasteiger partial charge in [0.15, 0.2) is 0 Å². The summed E-state index contributed by atoms with van der Waals surface area (Å²) in [5.41, 5.74) is 3.69. The normalized spacial score (nSPS) is 13.9. The Morgan fingerprint density at radius 1 is 1.28 bits per heavy atom. The maximum Gasteiger partial charge on any atom is 0.298 e. The van der Waals surface area contributed by atoms with Crippen LogP contribution in [0.1, 0.15) is 23.7 Å². The Hall–Kier alpha value is -1.81. The molecule has 1 aromatic carbocycles. The first-order valence-electron chi connectivity index (χ1n) is 6.33. The van der Waals surface area contributed by atoms with Crippen molar-refractivity contribution in [2.24, 2.45) is 0 Å². The molecule has 2 heterocycles. The molecule has 0 fully saturated rings. The smallest absolute Gasteiger partial charge is 0.298 e. The molecule has 4 heteroatoms. The summed E-state index contributed by atoms with van der Waals surface area (Å²) in [5, 5.41) is 3.24. The van der Waals surface area contributed by atoms with Crippen LogP contribution >= 0.6 is 0 Å². The fourth-order valence-electron chi connectivity index (χ4n) is 2.24. The summed E-state index contributed by atoms with van der Waals surface area (Å²) in [5.74, 6) is 0. The van der Waals surface area contributed by atoms with Gasteiger partial charge in [-0.15, -0.1) is 0 Å². The number of rotatable bonds is 4. The van der Waals surface area contributed by atoms with Crippen LogP contribution in [0.3, 0.4) is 0 Å². The quantitative estimate of drug-likeness (QED) is 0.894. The first kappa shape index (κ1) is 11.3. The topological polar surface area (TPSA) is 41.3 Å². The van der Waals surface area contributed by atoms with Crippen molar-refractivity contribution < 1.29 is 4.42 Å². The fraction of sp³-hybridized carbons (Fsp3) is 0.357. The lowest BCUT2D eigenvalue weighted by atomic mass is 10.1. The Morgan fingerprint density at radius 3 is 2.67 bits per heavy atom. The number of aromatic nitrogens is 1. The number of fused-ring (bicyclic) bond motifs is 1. The molecule has 0 spiro atoms. The average molecular weight is 243 g/mol. The van der Waals surface area contributed by atoms with Gasteiger partial charge in [-0.2, -0.15) is 4.98 Å². The molecule has 94 valence electrons. The molecule has 0 amide bonds. The minimum Gasteiger partial charge on any atom is -0.432 e. The maximum absolute atomic E-state index is 5.55. The van der Waals surface area contributed by atoms with Gasteiger partial charge in [-0.1, -0.05) is 31.2 Å². The molecule has 0 radical (unpaired) electrons. The van der Waals surface area contributed by atoms with E-state index in [4.69, 9.17) is 4.42 Å². The van der Waals surface area contributed by atoms with Gasteiger partial charge in [-0.25, -0.2) is 0 Å². The molecule has 0 bridgehead atoms. The van der Waals surface area contributed by atoms with Crippen molar-refractivity contribution in [2.45, 2.75) is 26.6 Å². The van der Waals surface area contributed by atoms with Crippen molar-refractivity contribution >= 4 is 6.01 Å². The number of nitrogens with one attached hydrogen (secondary N) is 1. The second-order valence-electron chi connectivity index (χ2n) is 4.53. The van der Waals surface area contributed by atoms with Gasteiger partial charge in [0.2, 0.25) is 0 Å². The number of hydrogen-bond donors (Lipinski definition) is 1. The van der Waals surface area contributed by atoms with Gasteiger partial charge < -0.3 is 14.6 Å². The first-order chi connectivity index (χ1) is 8.86. The van der Waals surface area contributed by atoms with E-state index in [1.54, 1.807) is 6.26 Å². The molecular weight excluding hydrogens is 226 g/mol. The lowest BCUT2D eigenvalue weighted by Crippen LogP contribution is -2.15. The van der Waals surface area contributed by atoms with E-state index in [-0.39, 0.29) is 0 Å². The Kier molecular flexibility index (Phi) is 3.02. The largest absolute Gasteiger partial charge is 0.432 e. The zero-order valence-electron chi connectivity index (χ0n) is 10.5. The van der Waals surface area contributed by atoms with E-state index >= 15 is 0 Å². The van der Waals surface area contributed by atoms with E-state index in [1.807, 2.05) is 0 Å². The highest BCUT2D eigenvalue weighted by atomic mass is 16.4. The summed E-state index contributed by atoms with van der Waals surface area (Å²) in [7, 11) is 0. The van der Waals surface area contributed by atoms with Gasteiger partial charge in [0, 0.05) is 19.6 Å². The van der Waals surface area contributed by atoms with Crippen LogP contribution in [0.2, 0.25) is 0 Å². The van der Waals surface area contributed by atoms with Crippen LogP contribution in [0.25, 0.3) is 0 Å². The Balaban J connectivity index is 1.72. The van der Waals surface area contributed by atoms with Crippen molar-refractivity contribution in [2.75, 3.05) is 11.4 Å². The Morgan fingerprint density at radius 2 is 2.00 bits per heavy atom. The molecule has 1 aliphatic heterocycles. The first-order valence-corrected chi connectivity index (χ1v) is 6.33. The molecule has 1 N–H and O–H groups in total. The standard InChI is InChI=1S/C14H17N3O/c1-2-15-7-13-10-18-14(16-13)17-8-11-5-3-4-6-12(11)9-17/h3-6,10,15H,2,7-9H2,1H3. The maximum atomic E-state index is 5.55. The fourth-order valence-corrected chi connectivity index (χ4v) is 2.24. The van der Waals surface area contributed by atoms with Crippen LogP contribution in [0.15, 0.2) is 34.9 Å². The number of hydrogen-bond acceptors (Lipinski definition) is 4. The molecule has 2 aromatic rings. The monoisotopic (exact) mass is 243 g/mol. The van der Waals surface area contributed by atoms with Gasteiger partial charge in [0.05, 0.1) is 5.69 Å². The van der Waals surface area contributed by atoms with E-state index in [0.717, 1.165) is 37.9 Å². The second-order valence-corrected chi connectivity index (χ2v) is 4.53. The van der Waals surface area contributed by atoms with Crippen LogP contribution in [0.4, 0.5) is 6.01 Å². The highest BCUT2D eigenvalue weighted by molar-refractivity contribution is 5.42. The number of nitrogens with zero attached hydrogens (tertiary/aromatic N) is 2. The molecule has 4 nitrogen and oxygen atoms in total. The SMILES string of the molecule is CCNCc1coc(N2Cc3ccccc3C2)n1. The van der Waals surface area contributed by atoms with Crippen LogP contribution in [-0.4, -0.2) is 11.5 Å². The molecule has 1 aromatic heterocycles. The Bertz CT molecular complexity index is 510. The summed E-state index contributed by atoms with van der Waals surface area (Å²) in [6.45, 7) is 5.56. The lowest BCUT2D eigenvalue weighted by Gasteiger charge is -2.11.